The number of pyridine rings is 1. The van der Waals surface area contributed by atoms with E-state index in [1.807, 2.05) is 0 Å². The van der Waals surface area contributed by atoms with Crippen molar-refractivity contribution in [2.45, 2.75) is 31.5 Å². The molecule has 0 aromatic carbocycles. The van der Waals surface area contributed by atoms with Crippen LogP contribution in [0.25, 0.3) is 0 Å². The number of carbonyl (C=O) groups excluding carboxylic acids is 1. The van der Waals surface area contributed by atoms with E-state index in [4.69, 9.17) is 5.11 Å². The van der Waals surface area contributed by atoms with E-state index in [2.05, 4.69) is 15.0 Å². The first-order chi connectivity index (χ1) is 10.7. The average Bonchev–Trinajstić information content (AvgIpc) is 2.93. The van der Waals surface area contributed by atoms with Gasteiger partial charge in [-0.05, 0) is 25.3 Å². The van der Waals surface area contributed by atoms with E-state index >= 15 is 0 Å². The molecular weight excluding hydrogens is 317 g/mol. The molecule has 2 rings (SSSR count). The third kappa shape index (κ3) is 5.11. The quantitative estimate of drug-likeness (QED) is 0.861. The van der Waals surface area contributed by atoms with Gasteiger partial charge in [-0.1, -0.05) is 0 Å². The summed E-state index contributed by atoms with van der Waals surface area (Å²) in [5, 5.41) is 11.6. The van der Waals surface area contributed by atoms with Gasteiger partial charge in [-0.15, -0.1) is 0 Å². The maximum absolute atomic E-state index is 12.0. The highest BCUT2D eigenvalue weighted by Gasteiger charge is 2.31. The van der Waals surface area contributed by atoms with Crippen molar-refractivity contribution in [3.8, 4) is 5.88 Å². The molecule has 1 aromatic rings. The molecule has 0 unspecified atom stereocenters. The number of carbonyl (C=O) groups is 2. The zero-order chi connectivity index (χ0) is 17.0. The van der Waals surface area contributed by atoms with Gasteiger partial charge in [0.25, 0.3) is 5.91 Å². The summed E-state index contributed by atoms with van der Waals surface area (Å²) in [5.41, 5.74) is 0.170. The zero-order valence-electron chi connectivity index (χ0n) is 12.0. The van der Waals surface area contributed by atoms with E-state index in [0.29, 0.717) is 19.3 Å². The second kappa shape index (κ2) is 6.84. The Morgan fingerprint density at radius 1 is 1.35 bits per heavy atom. The highest BCUT2D eigenvalue weighted by atomic mass is 19.4. The van der Waals surface area contributed by atoms with E-state index < -0.39 is 30.6 Å². The summed E-state index contributed by atoms with van der Waals surface area (Å²) in [4.78, 5) is 26.5. The van der Waals surface area contributed by atoms with Crippen LogP contribution in [0.2, 0.25) is 0 Å². The van der Waals surface area contributed by atoms with Crippen molar-refractivity contribution in [2.24, 2.45) is 5.92 Å². The molecule has 0 bridgehead atoms. The van der Waals surface area contributed by atoms with Gasteiger partial charge in [0.15, 0.2) is 6.61 Å². The van der Waals surface area contributed by atoms with Gasteiger partial charge in [-0.3, -0.25) is 9.59 Å². The summed E-state index contributed by atoms with van der Waals surface area (Å²) in [6.45, 7) is -1.45. The molecular formula is C14H15F3N2O4. The molecule has 0 spiro atoms. The minimum atomic E-state index is -4.46. The second-order valence-corrected chi connectivity index (χ2v) is 5.31. The fourth-order valence-electron chi connectivity index (χ4n) is 2.36. The molecule has 2 atom stereocenters. The molecule has 23 heavy (non-hydrogen) atoms. The molecule has 1 fully saturated rings. The number of amides is 1. The number of hydrogen-bond donors (Lipinski definition) is 2. The largest absolute Gasteiger partial charge is 0.481 e. The molecule has 0 radical (unpaired) electrons. The summed E-state index contributed by atoms with van der Waals surface area (Å²) < 4.78 is 40.5. The fourth-order valence-corrected chi connectivity index (χ4v) is 2.36. The van der Waals surface area contributed by atoms with Crippen LogP contribution in [0.5, 0.6) is 5.88 Å². The van der Waals surface area contributed by atoms with Gasteiger partial charge < -0.3 is 15.2 Å². The van der Waals surface area contributed by atoms with Crippen LogP contribution in [0.1, 0.15) is 29.6 Å². The first kappa shape index (κ1) is 17.0. The van der Waals surface area contributed by atoms with Crippen molar-refractivity contribution < 1.29 is 32.6 Å². The van der Waals surface area contributed by atoms with Gasteiger partial charge in [0.2, 0.25) is 5.88 Å². The molecule has 1 aromatic heterocycles. The third-order valence-corrected chi connectivity index (χ3v) is 3.50. The van der Waals surface area contributed by atoms with Crippen molar-refractivity contribution in [3.05, 3.63) is 23.9 Å². The highest BCUT2D eigenvalue weighted by Crippen LogP contribution is 2.26. The Hall–Kier alpha value is -2.32. The van der Waals surface area contributed by atoms with E-state index in [1.54, 1.807) is 0 Å². The summed E-state index contributed by atoms with van der Waals surface area (Å²) in [5.74, 6) is -2.02. The lowest BCUT2D eigenvalue weighted by atomic mass is 10.1. The molecule has 0 saturated heterocycles. The number of halogens is 3. The van der Waals surface area contributed by atoms with Crippen LogP contribution in [0.4, 0.5) is 13.2 Å². The molecule has 2 N–H and O–H groups in total. The zero-order valence-corrected chi connectivity index (χ0v) is 12.0. The molecule has 1 aliphatic carbocycles. The Kier molecular flexibility index (Phi) is 5.07. The topological polar surface area (TPSA) is 88.5 Å². The van der Waals surface area contributed by atoms with Gasteiger partial charge in [0.1, 0.15) is 0 Å². The Balaban J connectivity index is 1.87. The van der Waals surface area contributed by atoms with Crippen LogP contribution in [-0.4, -0.2) is 40.8 Å². The minimum absolute atomic E-state index is 0.170. The van der Waals surface area contributed by atoms with Gasteiger partial charge >= 0.3 is 12.1 Å². The van der Waals surface area contributed by atoms with Gasteiger partial charge in [0, 0.05) is 18.3 Å². The third-order valence-electron chi connectivity index (χ3n) is 3.50. The predicted octanol–water partition coefficient (Wildman–Crippen LogP) is 2.01. The van der Waals surface area contributed by atoms with E-state index in [0.717, 1.165) is 6.20 Å². The smallest absolute Gasteiger partial charge is 0.422 e. The average molecular weight is 332 g/mol. The van der Waals surface area contributed by atoms with Crippen molar-refractivity contribution >= 4 is 11.9 Å². The summed E-state index contributed by atoms with van der Waals surface area (Å²) in [6, 6.07) is 2.25. The first-order valence-electron chi connectivity index (χ1n) is 6.94. The summed E-state index contributed by atoms with van der Waals surface area (Å²) in [7, 11) is 0. The Morgan fingerprint density at radius 2 is 2.09 bits per heavy atom. The SMILES string of the molecule is O=C(N[C@H]1CC[C@@H](C(=O)O)C1)c1ccc(OCC(F)(F)F)nc1. The predicted molar refractivity (Wildman–Crippen MR) is 72.0 cm³/mol. The lowest BCUT2D eigenvalue weighted by Gasteiger charge is -2.12. The number of carboxylic acid groups (broad SMARTS) is 1. The van der Waals surface area contributed by atoms with Crippen molar-refractivity contribution in [3.63, 3.8) is 0 Å². The van der Waals surface area contributed by atoms with E-state index in [9.17, 15) is 22.8 Å². The van der Waals surface area contributed by atoms with E-state index in [1.165, 1.54) is 12.1 Å². The fraction of sp³-hybridized carbons (Fsp3) is 0.500. The number of nitrogens with zero attached hydrogens (tertiary/aromatic N) is 1. The van der Waals surface area contributed by atoms with Crippen molar-refractivity contribution in [2.75, 3.05) is 6.61 Å². The molecule has 126 valence electrons. The number of alkyl halides is 3. The standard InChI is InChI=1S/C14H15F3N2O4/c15-14(16,17)7-23-11-4-2-9(6-18-11)12(20)19-10-3-1-8(5-10)13(21)22/h2,4,6,8,10H,1,3,5,7H2,(H,19,20)(H,21,22)/t8-,10+/m1/s1. The van der Waals surface area contributed by atoms with Crippen molar-refractivity contribution in [1.29, 1.82) is 0 Å². The van der Waals surface area contributed by atoms with Gasteiger partial charge in [-0.2, -0.15) is 13.2 Å². The molecule has 6 nitrogen and oxygen atoms in total. The normalized spacial score (nSPS) is 21.0. The number of nitrogens with one attached hydrogen (secondary N) is 1. The molecule has 1 saturated carbocycles. The monoisotopic (exact) mass is 332 g/mol. The van der Waals surface area contributed by atoms with Crippen LogP contribution >= 0.6 is 0 Å². The lowest BCUT2D eigenvalue weighted by Crippen LogP contribution is -2.33. The Bertz CT molecular complexity index is 574. The Labute approximate surface area is 129 Å². The summed E-state index contributed by atoms with van der Waals surface area (Å²) in [6.07, 6.45) is -1.90. The second-order valence-electron chi connectivity index (χ2n) is 5.31. The molecule has 0 aliphatic heterocycles. The van der Waals surface area contributed by atoms with Crippen LogP contribution in [0.3, 0.4) is 0 Å². The molecule has 1 aliphatic rings. The molecule has 9 heteroatoms. The number of aromatic nitrogens is 1. The van der Waals surface area contributed by atoms with Gasteiger partial charge in [-0.25, -0.2) is 4.98 Å². The number of carboxylic acids is 1. The number of hydrogen-bond acceptors (Lipinski definition) is 4. The lowest BCUT2D eigenvalue weighted by molar-refractivity contribution is -0.154. The first-order valence-corrected chi connectivity index (χ1v) is 6.94. The highest BCUT2D eigenvalue weighted by molar-refractivity contribution is 5.94. The van der Waals surface area contributed by atoms with Gasteiger partial charge in [0.05, 0.1) is 11.5 Å². The number of aliphatic carboxylic acids is 1. The molecule has 1 heterocycles. The van der Waals surface area contributed by atoms with Crippen LogP contribution in [0.15, 0.2) is 18.3 Å². The number of rotatable bonds is 5. The maximum atomic E-state index is 12.0. The Morgan fingerprint density at radius 3 is 2.61 bits per heavy atom. The maximum Gasteiger partial charge on any atom is 0.422 e. The molecule has 1 amide bonds. The van der Waals surface area contributed by atoms with Crippen LogP contribution < -0.4 is 10.1 Å². The number of ether oxygens (including phenoxy) is 1. The summed E-state index contributed by atoms with van der Waals surface area (Å²) >= 11 is 0. The van der Waals surface area contributed by atoms with Crippen LogP contribution in [-0.2, 0) is 4.79 Å². The van der Waals surface area contributed by atoms with E-state index in [-0.39, 0.29) is 17.5 Å². The van der Waals surface area contributed by atoms with Crippen LogP contribution in [0, 0.1) is 5.92 Å². The van der Waals surface area contributed by atoms with Crippen molar-refractivity contribution in [1.82, 2.24) is 10.3 Å². The minimum Gasteiger partial charge on any atom is -0.481 e.